The molecule has 4 nitrogen and oxygen atoms in total. The lowest BCUT2D eigenvalue weighted by molar-refractivity contribution is 0.351. The predicted molar refractivity (Wildman–Crippen MR) is 72.0 cm³/mol. The molecule has 0 aromatic carbocycles. The third-order valence-corrected chi connectivity index (χ3v) is 3.90. The van der Waals surface area contributed by atoms with Gasteiger partial charge in [-0.3, -0.25) is 0 Å². The second-order valence-electron chi connectivity index (χ2n) is 5.04. The summed E-state index contributed by atoms with van der Waals surface area (Å²) in [6.45, 7) is 5.26. The fourth-order valence-electron chi connectivity index (χ4n) is 2.95. The Morgan fingerprint density at radius 1 is 1.33 bits per heavy atom. The van der Waals surface area contributed by atoms with Gasteiger partial charge in [0.05, 0.1) is 6.20 Å². The molecular formula is C14H19N3O. The normalized spacial score (nSPS) is 16.8. The second-order valence-corrected chi connectivity index (χ2v) is 5.04. The SMILES string of the molecule is CCn1c2c(c3cc(O)cnc31)CCN(C)CC2. The molecule has 1 N–H and O–H groups in total. The van der Waals surface area contributed by atoms with Gasteiger partial charge in [-0.05, 0) is 32.0 Å². The zero-order chi connectivity index (χ0) is 12.7. The summed E-state index contributed by atoms with van der Waals surface area (Å²) in [5.74, 6) is 0.260. The molecule has 0 spiro atoms. The number of aromatic nitrogens is 2. The van der Waals surface area contributed by atoms with E-state index in [1.54, 1.807) is 6.20 Å². The van der Waals surface area contributed by atoms with E-state index in [4.69, 9.17) is 0 Å². The van der Waals surface area contributed by atoms with Crippen LogP contribution in [0.3, 0.4) is 0 Å². The molecule has 0 radical (unpaired) electrons. The summed E-state index contributed by atoms with van der Waals surface area (Å²) in [6, 6.07) is 1.86. The zero-order valence-electron chi connectivity index (χ0n) is 11.0. The Balaban J connectivity index is 2.25. The maximum atomic E-state index is 9.65. The van der Waals surface area contributed by atoms with Crippen LogP contribution in [0.15, 0.2) is 12.3 Å². The second kappa shape index (κ2) is 4.28. The van der Waals surface area contributed by atoms with Crippen molar-refractivity contribution in [3.8, 4) is 5.75 Å². The molecule has 3 heterocycles. The lowest BCUT2D eigenvalue weighted by Crippen LogP contribution is -2.21. The van der Waals surface area contributed by atoms with Gasteiger partial charge < -0.3 is 14.6 Å². The van der Waals surface area contributed by atoms with Gasteiger partial charge in [0.15, 0.2) is 0 Å². The molecule has 0 bridgehead atoms. The third-order valence-electron chi connectivity index (χ3n) is 3.90. The highest BCUT2D eigenvalue weighted by molar-refractivity contribution is 5.83. The van der Waals surface area contributed by atoms with E-state index >= 15 is 0 Å². The van der Waals surface area contributed by atoms with Crippen LogP contribution in [0.4, 0.5) is 0 Å². The van der Waals surface area contributed by atoms with Crippen LogP contribution in [0.5, 0.6) is 5.75 Å². The Hall–Kier alpha value is -1.55. The summed E-state index contributed by atoms with van der Waals surface area (Å²) in [4.78, 5) is 6.77. The largest absolute Gasteiger partial charge is 0.506 e. The highest BCUT2D eigenvalue weighted by Gasteiger charge is 2.20. The maximum Gasteiger partial charge on any atom is 0.140 e. The van der Waals surface area contributed by atoms with Crippen molar-refractivity contribution in [2.24, 2.45) is 0 Å². The van der Waals surface area contributed by atoms with Crippen molar-refractivity contribution in [3.05, 3.63) is 23.5 Å². The van der Waals surface area contributed by atoms with E-state index < -0.39 is 0 Å². The van der Waals surface area contributed by atoms with Crippen LogP contribution < -0.4 is 0 Å². The summed E-state index contributed by atoms with van der Waals surface area (Å²) in [7, 11) is 2.17. The number of aromatic hydroxyl groups is 1. The van der Waals surface area contributed by atoms with Crippen molar-refractivity contribution in [1.82, 2.24) is 14.5 Å². The van der Waals surface area contributed by atoms with Gasteiger partial charge in [-0.25, -0.2) is 4.98 Å². The van der Waals surface area contributed by atoms with E-state index in [9.17, 15) is 5.11 Å². The molecule has 96 valence electrons. The van der Waals surface area contributed by atoms with Crippen molar-refractivity contribution in [1.29, 1.82) is 0 Å². The van der Waals surface area contributed by atoms with Crippen molar-refractivity contribution in [3.63, 3.8) is 0 Å². The third kappa shape index (κ3) is 1.68. The van der Waals surface area contributed by atoms with Crippen LogP contribution in [-0.4, -0.2) is 39.7 Å². The lowest BCUT2D eigenvalue weighted by atomic mass is 10.1. The Bertz CT molecular complexity index is 588. The Labute approximate surface area is 107 Å². The first-order valence-electron chi connectivity index (χ1n) is 6.58. The molecule has 0 aliphatic carbocycles. The summed E-state index contributed by atoms with van der Waals surface area (Å²) in [6.07, 6.45) is 3.65. The number of hydrogen-bond donors (Lipinski definition) is 1. The van der Waals surface area contributed by atoms with E-state index in [2.05, 4.69) is 28.4 Å². The molecule has 4 heteroatoms. The van der Waals surface area contributed by atoms with Crippen LogP contribution in [0.2, 0.25) is 0 Å². The molecule has 0 saturated heterocycles. The van der Waals surface area contributed by atoms with E-state index in [1.165, 1.54) is 11.3 Å². The van der Waals surface area contributed by atoms with Crippen LogP contribution in [0.1, 0.15) is 18.2 Å². The zero-order valence-corrected chi connectivity index (χ0v) is 11.0. The van der Waals surface area contributed by atoms with Gasteiger partial charge >= 0.3 is 0 Å². The van der Waals surface area contributed by atoms with E-state index in [1.807, 2.05) is 6.07 Å². The topological polar surface area (TPSA) is 41.3 Å². The number of fused-ring (bicyclic) bond motifs is 3. The number of pyridine rings is 1. The quantitative estimate of drug-likeness (QED) is 0.833. The predicted octanol–water partition coefficient (Wildman–Crippen LogP) is 1.79. The van der Waals surface area contributed by atoms with Gasteiger partial charge in [-0.2, -0.15) is 0 Å². The van der Waals surface area contributed by atoms with Gasteiger partial charge in [-0.15, -0.1) is 0 Å². The number of aryl methyl sites for hydroxylation is 1. The average Bonchev–Trinajstić information content (AvgIpc) is 2.52. The first-order valence-corrected chi connectivity index (χ1v) is 6.58. The fraction of sp³-hybridized carbons (Fsp3) is 0.500. The summed E-state index contributed by atoms with van der Waals surface area (Å²) in [5.41, 5.74) is 3.79. The number of nitrogens with zero attached hydrogens (tertiary/aromatic N) is 3. The van der Waals surface area contributed by atoms with Gasteiger partial charge in [0.2, 0.25) is 0 Å². The lowest BCUT2D eigenvalue weighted by Gasteiger charge is -2.12. The van der Waals surface area contributed by atoms with E-state index in [0.29, 0.717) is 0 Å². The molecule has 2 aromatic heterocycles. The average molecular weight is 245 g/mol. The van der Waals surface area contributed by atoms with Gasteiger partial charge in [-0.1, -0.05) is 0 Å². The number of hydrogen-bond acceptors (Lipinski definition) is 3. The molecule has 18 heavy (non-hydrogen) atoms. The molecular weight excluding hydrogens is 226 g/mol. The van der Waals surface area contributed by atoms with Gasteiger partial charge in [0.25, 0.3) is 0 Å². The minimum atomic E-state index is 0.260. The van der Waals surface area contributed by atoms with Crippen LogP contribution in [0, 0.1) is 0 Å². The molecule has 3 rings (SSSR count). The van der Waals surface area contributed by atoms with Crippen LogP contribution >= 0.6 is 0 Å². The van der Waals surface area contributed by atoms with Crippen LogP contribution in [0.25, 0.3) is 11.0 Å². The smallest absolute Gasteiger partial charge is 0.140 e. The Morgan fingerprint density at radius 2 is 2.11 bits per heavy atom. The van der Waals surface area contributed by atoms with Crippen molar-refractivity contribution >= 4 is 11.0 Å². The first kappa shape index (κ1) is 11.5. The first-order chi connectivity index (χ1) is 8.70. The van der Waals surface area contributed by atoms with Crippen molar-refractivity contribution in [2.75, 3.05) is 20.1 Å². The molecule has 0 fully saturated rings. The molecule has 2 aromatic rings. The Morgan fingerprint density at radius 3 is 2.89 bits per heavy atom. The van der Waals surface area contributed by atoms with E-state index in [-0.39, 0.29) is 5.75 Å². The van der Waals surface area contributed by atoms with Gasteiger partial charge in [0.1, 0.15) is 11.4 Å². The van der Waals surface area contributed by atoms with Crippen LogP contribution in [-0.2, 0) is 19.4 Å². The molecule has 1 aliphatic heterocycles. The monoisotopic (exact) mass is 245 g/mol. The fourth-order valence-corrected chi connectivity index (χ4v) is 2.95. The maximum absolute atomic E-state index is 9.65. The summed E-state index contributed by atoms with van der Waals surface area (Å²) >= 11 is 0. The molecule has 0 unspecified atom stereocenters. The highest BCUT2D eigenvalue weighted by atomic mass is 16.3. The standard InChI is InChI=1S/C14H19N3O/c1-3-17-13-5-7-16(2)6-4-11(13)12-8-10(18)9-15-14(12)17/h8-9,18H,3-7H2,1-2H3. The minimum Gasteiger partial charge on any atom is -0.506 e. The summed E-state index contributed by atoms with van der Waals surface area (Å²) in [5, 5.41) is 10.8. The van der Waals surface area contributed by atoms with Crippen molar-refractivity contribution < 1.29 is 5.11 Å². The molecule has 1 aliphatic rings. The molecule has 0 amide bonds. The Kier molecular flexibility index (Phi) is 2.74. The molecule has 0 atom stereocenters. The van der Waals surface area contributed by atoms with E-state index in [0.717, 1.165) is 43.5 Å². The van der Waals surface area contributed by atoms with Gasteiger partial charge in [0, 0.05) is 37.1 Å². The summed E-state index contributed by atoms with van der Waals surface area (Å²) < 4.78 is 2.29. The molecule has 0 saturated carbocycles. The number of rotatable bonds is 1. The number of likely N-dealkylation sites (N-methyl/N-ethyl adjacent to an activating group) is 1. The highest BCUT2D eigenvalue weighted by Crippen LogP contribution is 2.29. The minimum absolute atomic E-state index is 0.260. The van der Waals surface area contributed by atoms with Crippen molar-refractivity contribution in [2.45, 2.75) is 26.3 Å².